The van der Waals surface area contributed by atoms with Crippen molar-refractivity contribution in [3.05, 3.63) is 23.8 Å². The summed E-state index contributed by atoms with van der Waals surface area (Å²) in [6.07, 6.45) is 0.574. The zero-order chi connectivity index (χ0) is 12.1. The highest BCUT2D eigenvalue weighted by Gasteiger charge is 2.11. The second-order valence-corrected chi connectivity index (χ2v) is 4.11. The zero-order valence-corrected chi connectivity index (χ0v) is 9.99. The van der Waals surface area contributed by atoms with E-state index in [1.807, 2.05) is 18.2 Å². The summed E-state index contributed by atoms with van der Waals surface area (Å²) in [6.45, 7) is 4.27. The van der Waals surface area contributed by atoms with Crippen molar-refractivity contribution in [2.24, 2.45) is 0 Å². The number of hydrogen-bond donors (Lipinski definition) is 1. The number of hydrogen-bond acceptors (Lipinski definition) is 4. The number of fused-ring (bicyclic) bond motifs is 1. The number of carbonyl (C=O) groups is 1. The third kappa shape index (κ3) is 3.46. The fourth-order valence-electron chi connectivity index (χ4n) is 1.69. The molecule has 0 radical (unpaired) electrons. The molecule has 0 amide bonds. The number of Topliss-reactive ketones (excluding diaryl/α,β-unsaturated/α-hetero) is 1. The molecule has 0 saturated heterocycles. The lowest BCUT2D eigenvalue weighted by Crippen LogP contribution is -2.18. The Morgan fingerprint density at radius 1 is 1.29 bits per heavy atom. The minimum absolute atomic E-state index is 0.208. The standard InChI is InChI=1S/C13H17NO3/c1-10(15)4-5-14-9-11-2-3-12-13(8-11)17-7-6-16-12/h2-3,8,14H,4-7,9H2,1H3. The Morgan fingerprint density at radius 3 is 2.82 bits per heavy atom. The van der Waals surface area contributed by atoms with E-state index in [2.05, 4.69) is 5.32 Å². The van der Waals surface area contributed by atoms with E-state index < -0.39 is 0 Å². The van der Waals surface area contributed by atoms with Gasteiger partial charge in [-0.3, -0.25) is 4.79 Å². The van der Waals surface area contributed by atoms with Crippen molar-refractivity contribution in [2.45, 2.75) is 19.9 Å². The Morgan fingerprint density at radius 2 is 2.06 bits per heavy atom. The average Bonchev–Trinajstić information content (AvgIpc) is 2.34. The average molecular weight is 235 g/mol. The van der Waals surface area contributed by atoms with Crippen LogP contribution < -0.4 is 14.8 Å². The van der Waals surface area contributed by atoms with Gasteiger partial charge in [-0.1, -0.05) is 6.07 Å². The number of rotatable bonds is 5. The topological polar surface area (TPSA) is 47.6 Å². The monoisotopic (exact) mass is 235 g/mol. The highest BCUT2D eigenvalue weighted by atomic mass is 16.6. The lowest BCUT2D eigenvalue weighted by molar-refractivity contribution is -0.116. The summed E-state index contributed by atoms with van der Waals surface area (Å²) < 4.78 is 10.9. The molecule has 0 aromatic heterocycles. The van der Waals surface area contributed by atoms with Gasteiger partial charge in [-0.2, -0.15) is 0 Å². The molecule has 92 valence electrons. The maximum absolute atomic E-state index is 10.8. The zero-order valence-electron chi connectivity index (χ0n) is 9.99. The van der Waals surface area contributed by atoms with Gasteiger partial charge < -0.3 is 14.8 Å². The largest absolute Gasteiger partial charge is 0.486 e. The van der Waals surface area contributed by atoms with E-state index in [0.717, 1.165) is 23.6 Å². The van der Waals surface area contributed by atoms with Gasteiger partial charge >= 0.3 is 0 Å². The predicted octanol–water partition coefficient (Wildman–Crippen LogP) is 1.53. The number of carbonyl (C=O) groups excluding carboxylic acids is 1. The van der Waals surface area contributed by atoms with Crippen LogP contribution in [-0.4, -0.2) is 25.5 Å². The highest BCUT2D eigenvalue weighted by molar-refractivity contribution is 5.75. The lowest BCUT2D eigenvalue weighted by atomic mass is 10.2. The molecular weight excluding hydrogens is 218 g/mol. The molecule has 0 aliphatic carbocycles. The predicted molar refractivity (Wildman–Crippen MR) is 64.4 cm³/mol. The summed E-state index contributed by atoms with van der Waals surface area (Å²) >= 11 is 0. The van der Waals surface area contributed by atoms with E-state index in [4.69, 9.17) is 9.47 Å². The molecule has 1 aliphatic rings. The van der Waals surface area contributed by atoms with Crippen LogP contribution in [0.5, 0.6) is 11.5 Å². The van der Waals surface area contributed by atoms with Crippen LogP contribution in [0.15, 0.2) is 18.2 Å². The van der Waals surface area contributed by atoms with Crippen molar-refractivity contribution in [3.8, 4) is 11.5 Å². The second kappa shape index (κ2) is 5.68. The van der Waals surface area contributed by atoms with E-state index in [9.17, 15) is 4.79 Å². The molecule has 0 spiro atoms. The number of nitrogens with one attached hydrogen (secondary N) is 1. The molecule has 1 aliphatic heterocycles. The van der Waals surface area contributed by atoms with E-state index in [1.54, 1.807) is 6.92 Å². The van der Waals surface area contributed by atoms with Gasteiger partial charge in [0, 0.05) is 19.5 Å². The van der Waals surface area contributed by atoms with E-state index >= 15 is 0 Å². The third-order valence-electron chi connectivity index (χ3n) is 2.59. The maximum atomic E-state index is 10.8. The molecule has 2 rings (SSSR count). The number of benzene rings is 1. The molecule has 0 fully saturated rings. The highest BCUT2D eigenvalue weighted by Crippen LogP contribution is 2.30. The van der Waals surface area contributed by atoms with Gasteiger partial charge in [0.25, 0.3) is 0 Å². The number of ketones is 1. The summed E-state index contributed by atoms with van der Waals surface area (Å²) in [5, 5.41) is 3.22. The van der Waals surface area contributed by atoms with Gasteiger partial charge in [0.15, 0.2) is 11.5 Å². The molecular formula is C13H17NO3. The summed E-state index contributed by atoms with van der Waals surface area (Å²) in [7, 11) is 0. The first-order valence-corrected chi connectivity index (χ1v) is 5.84. The molecule has 1 heterocycles. The molecule has 0 saturated carbocycles. The van der Waals surface area contributed by atoms with Crippen molar-refractivity contribution in [1.29, 1.82) is 0 Å². The molecule has 4 nitrogen and oxygen atoms in total. The third-order valence-corrected chi connectivity index (χ3v) is 2.59. The quantitative estimate of drug-likeness (QED) is 0.786. The first kappa shape index (κ1) is 11.9. The Kier molecular flexibility index (Phi) is 3.98. The molecule has 0 atom stereocenters. The van der Waals surface area contributed by atoms with Gasteiger partial charge in [0.1, 0.15) is 19.0 Å². The molecule has 1 aromatic rings. The van der Waals surface area contributed by atoms with Gasteiger partial charge in [-0.15, -0.1) is 0 Å². The SMILES string of the molecule is CC(=O)CCNCc1ccc2c(c1)OCCO2. The summed E-state index contributed by atoms with van der Waals surface area (Å²) in [5.74, 6) is 1.82. The van der Waals surface area contributed by atoms with Crippen molar-refractivity contribution in [1.82, 2.24) is 5.32 Å². The maximum Gasteiger partial charge on any atom is 0.161 e. The summed E-state index contributed by atoms with van der Waals surface area (Å²) in [5.41, 5.74) is 1.14. The second-order valence-electron chi connectivity index (χ2n) is 4.11. The van der Waals surface area contributed by atoms with Crippen LogP contribution in [0, 0.1) is 0 Å². The van der Waals surface area contributed by atoms with E-state index in [1.165, 1.54) is 0 Å². The fourth-order valence-corrected chi connectivity index (χ4v) is 1.69. The molecule has 4 heteroatoms. The molecule has 0 bridgehead atoms. The minimum Gasteiger partial charge on any atom is -0.486 e. The smallest absolute Gasteiger partial charge is 0.161 e. The lowest BCUT2D eigenvalue weighted by Gasteiger charge is -2.18. The normalized spacial score (nSPS) is 13.5. The van der Waals surface area contributed by atoms with Crippen LogP contribution in [0.2, 0.25) is 0 Å². The Balaban J connectivity index is 1.86. The fraction of sp³-hybridized carbons (Fsp3) is 0.462. The first-order chi connectivity index (χ1) is 8.25. The van der Waals surface area contributed by atoms with Gasteiger partial charge in [-0.25, -0.2) is 0 Å². The first-order valence-electron chi connectivity index (χ1n) is 5.84. The van der Waals surface area contributed by atoms with Crippen molar-refractivity contribution in [3.63, 3.8) is 0 Å². The minimum atomic E-state index is 0.208. The molecule has 0 unspecified atom stereocenters. The van der Waals surface area contributed by atoms with Crippen molar-refractivity contribution in [2.75, 3.05) is 19.8 Å². The molecule has 17 heavy (non-hydrogen) atoms. The summed E-state index contributed by atoms with van der Waals surface area (Å²) in [4.78, 5) is 10.8. The Labute approximate surface area is 101 Å². The van der Waals surface area contributed by atoms with Crippen LogP contribution >= 0.6 is 0 Å². The van der Waals surface area contributed by atoms with Crippen LogP contribution in [0.4, 0.5) is 0 Å². The van der Waals surface area contributed by atoms with Crippen LogP contribution in [0.3, 0.4) is 0 Å². The van der Waals surface area contributed by atoms with E-state index in [0.29, 0.717) is 26.2 Å². The van der Waals surface area contributed by atoms with Gasteiger partial charge in [-0.05, 0) is 24.6 Å². The van der Waals surface area contributed by atoms with Crippen LogP contribution in [0.25, 0.3) is 0 Å². The van der Waals surface area contributed by atoms with Crippen LogP contribution in [0.1, 0.15) is 18.9 Å². The van der Waals surface area contributed by atoms with Crippen molar-refractivity contribution < 1.29 is 14.3 Å². The summed E-state index contributed by atoms with van der Waals surface area (Å²) in [6, 6.07) is 5.92. The van der Waals surface area contributed by atoms with Crippen molar-refractivity contribution >= 4 is 5.78 Å². The Bertz CT molecular complexity index is 404. The van der Waals surface area contributed by atoms with E-state index in [-0.39, 0.29) is 5.78 Å². The molecule has 1 aromatic carbocycles. The van der Waals surface area contributed by atoms with Gasteiger partial charge in [0.2, 0.25) is 0 Å². The Hall–Kier alpha value is -1.55. The molecule has 1 N–H and O–H groups in total. The number of ether oxygens (including phenoxy) is 2. The van der Waals surface area contributed by atoms with Crippen LogP contribution in [-0.2, 0) is 11.3 Å². The van der Waals surface area contributed by atoms with Gasteiger partial charge in [0.05, 0.1) is 0 Å².